The molecule has 1 aliphatic rings. The zero-order valence-corrected chi connectivity index (χ0v) is 12.7. The topological polar surface area (TPSA) is 76.5 Å². The lowest BCUT2D eigenvalue weighted by Crippen LogP contribution is -2.16. The van der Waals surface area contributed by atoms with Crippen LogP contribution < -0.4 is 5.69 Å². The molecule has 20 heavy (non-hydrogen) atoms. The SMILES string of the molecule is CC(C)c1c(Cl)ncnc1Sc1n[nH]c(=O)n1C1CC1. The standard InChI is InChI=1S/C12H14ClN5OS/c1-6(2)8-9(13)14-5-15-10(8)20-12-17-16-11(19)18(12)7-3-4-7/h5-7H,3-4H2,1-2H3,(H,16,19). The van der Waals surface area contributed by atoms with E-state index in [-0.39, 0.29) is 17.6 Å². The Bertz CT molecular complexity index is 691. The zero-order valence-electron chi connectivity index (χ0n) is 11.1. The second-order valence-corrected chi connectivity index (χ2v) is 6.37. The lowest BCUT2D eigenvalue weighted by atomic mass is 10.1. The van der Waals surface area contributed by atoms with Gasteiger partial charge in [-0.25, -0.2) is 19.9 Å². The summed E-state index contributed by atoms with van der Waals surface area (Å²) in [5.74, 6) is 0.200. The van der Waals surface area contributed by atoms with Gasteiger partial charge in [-0.2, -0.15) is 0 Å². The van der Waals surface area contributed by atoms with Gasteiger partial charge >= 0.3 is 5.69 Å². The van der Waals surface area contributed by atoms with Crippen molar-refractivity contribution >= 4 is 23.4 Å². The van der Waals surface area contributed by atoms with Crippen LogP contribution in [0.5, 0.6) is 0 Å². The summed E-state index contributed by atoms with van der Waals surface area (Å²) >= 11 is 7.51. The van der Waals surface area contributed by atoms with Crippen LogP contribution in [0.1, 0.15) is 44.2 Å². The van der Waals surface area contributed by atoms with Gasteiger partial charge in [0.15, 0.2) is 5.16 Å². The minimum atomic E-state index is -0.166. The first kappa shape index (κ1) is 13.6. The summed E-state index contributed by atoms with van der Waals surface area (Å²) < 4.78 is 1.70. The van der Waals surface area contributed by atoms with Crippen LogP contribution in [0.2, 0.25) is 5.15 Å². The molecular formula is C12H14ClN5OS. The third-order valence-electron chi connectivity index (χ3n) is 3.15. The first-order valence-electron chi connectivity index (χ1n) is 6.43. The Balaban J connectivity index is 2.00. The normalized spacial score (nSPS) is 15.0. The number of halogens is 1. The maximum Gasteiger partial charge on any atom is 0.344 e. The smallest absolute Gasteiger partial charge is 0.267 e. The van der Waals surface area contributed by atoms with E-state index in [0.29, 0.717) is 10.3 Å². The molecule has 0 radical (unpaired) electrons. The Morgan fingerprint density at radius 2 is 2.20 bits per heavy atom. The first-order valence-corrected chi connectivity index (χ1v) is 7.62. The number of H-pyrrole nitrogens is 1. The molecule has 1 N–H and O–H groups in total. The lowest BCUT2D eigenvalue weighted by Gasteiger charge is -2.11. The van der Waals surface area contributed by atoms with Gasteiger partial charge in [0, 0.05) is 11.6 Å². The number of aromatic amines is 1. The molecule has 0 atom stereocenters. The fourth-order valence-corrected chi connectivity index (χ4v) is 3.57. The molecule has 0 aliphatic heterocycles. The van der Waals surface area contributed by atoms with Crippen molar-refractivity contribution in [1.82, 2.24) is 24.7 Å². The van der Waals surface area contributed by atoms with E-state index in [1.165, 1.54) is 18.1 Å². The molecule has 0 saturated heterocycles. The van der Waals surface area contributed by atoms with E-state index in [0.717, 1.165) is 23.4 Å². The van der Waals surface area contributed by atoms with Gasteiger partial charge in [-0.15, -0.1) is 5.10 Å². The largest absolute Gasteiger partial charge is 0.344 e. The molecule has 106 valence electrons. The molecule has 0 amide bonds. The number of nitrogens with zero attached hydrogens (tertiary/aromatic N) is 4. The van der Waals surface area contributed by atoms with E-state index in [2.05, 4.69) is 20.2 Å². The van der Waals surface area contributed by atoms with Gasteiger partial charge in [-0.1, -0.05) is 25.4 Å². The summed E-state index contributed by atoms with van der Waals surface area (Å²) in [5, 5.41) is 8.43. The zero-order chi connectivity index (χ0) is 14.3. The molecule has 1 aliphatic carbocycles. The van der Waals surface area contributed by atoms with E-state index in [9.17, 15) is 4.79 Å². The Kier molecular flexibility index (Phi) is 3.55. The highest BCUT2D eigenvalue weighted by atomic mass is 35.5. The molecule has 2 heterocycles. The molecule has 3 rings (SSSR count). The van der Waals surface area contributed by atoms with Crippen LogP contribution in [0.3, 0.4) is 0 Å². The van der Waals surface area contributed by atoms with E-state index >= 15 is 0 Å². The van der Waals surface area contributed by atoms with Gasteiger partial charge in [0.05, 0.1) is 0 Å². The molecule has 0 unspecified atom stereocenters. The Hall–Kier alpha value is -1.34. The summed E-state index contributed by atoms with van der Waals surface area (Å²) in [5.41, 5.74) is 0.721. The third kappa shape index (κ3) is 2.47. The Labute approximate surface area is 125 Å². The molecule has 2 aromatic rings. The molecule has 0 aromatic carbocycles. The van der Waals surface area contributed by atoms with Crippen molar-refractivity contribution in [2.75, 3.05) is 0 Å². The van der Waals surface area contributed by atoms with Crippen LogP contribution in [0.25, 0.3) is 0 Å². The Morgan fingerprint density at radius 3 is 2.85 bits per heavy atom. The maximum absolute atomic E-state index is 11.8. The van der Waals surface area contributed by atoms with Crippen molar-refractivity contribution in [2.45, 2.75) is 48.8 Å². The number of hydrogen-bond donors (Lipinski definition) is 1. The van der Waals surface area contributed by atoms with Crippen molar-refractivity contribution < 1.29 is 0 Å². The van der Waals surface area contributed by atoms with E-state index in [1.54, 1.807) is 4.57 Å². The van der Waals surface area contributed by atoms with Crippen LogP contribution in [-0.2, 0) is 0 Å². The van der Waals surface area contributed by atoms with Crippen molar-refractivity contribution in [2.24, 2.45) is 0 Å². The summed E-state index contributed by atoms with van der Waals surface area (Å²) in [7, 11) is 0. The molecule has 0 bridgehead atoms. The molecule has 6 nitrogen and oxygen atoms in total. The third-order valence-corrected chi connectivity index (χ3v) is 4.44. The average molecular weight is 312 g/mol. The average Bonchev–Trinajstić information content (AvgIpc) is 3.15. The molecule has 1 saturated carbocycles. The summed E-state index contributed by atoms with van der Waals surface area (Å²) in [6, 6.07) is 0.267. The van der Waals surface area contributed by atoms with Crippen LogP contribution >= 0.6 is 23.4 Å². The van der Waals surface area contributed by atoms with Crippen molar-refractivity contribution in [3.63, 3.8) is 0 Å². The molecule has 1 fully saturated rings. The predicted molar refractivity (Wildman–Crippen MR) is 76.4 cm³/mol. The predicted octanol–water partition coefficient (Wildman–Crippen LogP) is 2.62. The summed E-state index contributed by atoms with van der Waals surface area (Å²) in [6.45, 7) is 4.07. The van der Waals surface area contributed by atoms with E-state index in [4.69, 9.17) is 11.6 Å². The number of hydrogen-bond acceptors (Lipinski definition) is 5. The highest BCUT2D eigenvalue weighted by Crippen LogP contribution is 2.39. The molecule has 8 heteroatoms. The lowest BCUT2D eigenvalue weighted by molar-refractivity contribution is 0.641. The van der Waals surface area contributed by atoms with Crippen molar-refractivity contribution in [3.8, 4) is 0 Å². The second-order valence-electron chi connectivity index (χ2n) is 5.05. The summed E-state index contributed by atoms with van der Waals surface area (Å²) in [6.07, 6.45) is 3.48. The van der Waals surface area contributed by atoms with Crippen LogP contribution in [0.15, 0.2) is 21.3 Å². The fourth-order valence-electron chi connectivity index (χ4n) is 2.03. The van der Waals surface area contributed by atoms with Crippen molar-refractivity contribution in [1.29, 1.82) is 0 Å². The monoisotopic (exact) mass is 311 g/mol. The van der Waals surface area contributed by atoms with Gasteiger partial charge in [-0.3, -0.25) is 4.57 Å². The fraction of sp³-hybridized carbons (Fsp3) is 0.500. The van der Waals surface area contributed by atoms with Crippen LogP contribution in [0.4, 0.5) is 0 Å². The van der Waals surface area contributed by atoms with Gasteiger partial charge in [0.25, 0.3) is 0 Å². The van der Waals surface area contributed by atoms with Crippen LogP contribution in [-0.4, -0.2) is 24.7 Å². The van der Waals surface area contributed by atoms with Crippen LogP contribution in [0, 0.1) is 0 Å². The molecule has 0 spiro atoms. The van der Waals surface area contributed by atoms with Gasteiger partial charge in [0.2, 0.25) is 0 Å². The first-order chi connectivity index (χ1) is 9.58. The number of nitrogens with one attached hydrogen (secondary N) is 1. The van der Waals surface area contributed by atoms with E-state index < -0.39 is 0 Å². The quantitative estimate of drug-likeness (QED) is 0.878. The maximum atomic E-state index is 11.8. The summed E-state index contributed by atoms with van der Waals surface area (Å²) in [4.78, 5) is 20.1. The van der Waals surface area contributed by atoms with Gasteiger partial charge in [0.1, 0.15) is 16.5 Å². The number of rotatable bonds is 4. The molecular weight excluding hydrogens is 298 g/mol. The highest BCUT2D eigenvalue weighted by molar-refractivity contribution is 7.99. The second kappa shape index (κ2) is 5.21. The van der Waals surface area contributed by atoms with Gasteiger partial charge in [-0.05, 0) is 30.5 Å². The van der Waals surface area contributed by atoms with E-state index in [1.807, 2.05) is 13.8 Å². The Morgan fingerprint density at radius 1 is 1.45 bits per heavy atom. The minimum absolute atomic E-state index is 0.166. The highest BCUT2D eigenvalue weighted by Gasteiger charge is 2.29. The molecule has 2 aromatic heterocycles. The van der Waals surface area contributed by atoms with Crippen molar-refractivity contribution in [3.05, 3.63) is 27.5 Å². The van der Waals surface area contributed by atoms with Gasteiger partial charge < -0.3 is 0 Å². The number of aromatic nitrogens is 5. The minimum Gasteiger partial charge on any atom is -0.267 e.